The molecule has 0 aromatic heterocycles. The lowest BCUT2D eigenvalue weighted by atomic mass is 10.2. The van der Waals surface area contributed by atoms with E-state index in [9.17, 15) is 0 Å². The Labute approximate surface area is 100 Å². The number of hydrogen-bond acceptors (Lipinski definition) is 2. The van der Waals surface area contributed by atoms with E-state index in [-0.39, 0.29) is 0 Å². The van der Waals surface area contributed by atoms with Gasteiger partial charge in [-0.3, -0.25) is 0 Å². The van der Waals surface area contributed by atoms with Gasteiger partial charge in [0.2, 0.25) is 0 Å². The van der Waals surface area contributed by atoms with E-state index in [1.165, 1.54) is 11.5 Å². The van der Waals surface area contributed by atoms with Crippen LogP contribution in [0, 0.1) is 0 Å². The molecule has 1 aliphatic rings. The quantitative estimate of drug-likeness (QED) is 0.705. The normalized spacial score (nSPS) is 43.0. The second-order valence-electron chi connectivity index (χ2n) is 3.74. The molecule has 1 heterocycles. The molecule has 1 rings (SSSR count). The maximum Gasteiger partial charge on any atom is 0.0319 e. The molecule has 0 nitrogen and oxygen atoms in total. The van der Waals surface area contributed by atoms with E-state index in [0.29, 0.717) is 9.49 Å². The van der Waals surface area contributed by atoms with Gasteiger partial charge in [-0.15, -0.1) is 0 Å². The number of hydrogen-bond donors (Lipinski definition) is 0. The van der Waals surface area contributed by atoms with Crippen molar-refractivity contribution in [3.63, 3.8) is 0 Å². The average Bonchev–Trinajstić information content (AvgIpc) is 2.11. The zero-order chi connectivity index (χ0) is 9.24. The summed E-state index contributed by atoms with van der Waals surface area (Å²) in [5.74, 6) is 2.51. The number of rotatable bonds is 2. The maximum atomic E-state index is 3.58. The number of halogens is 2. The molecule has 2 unspecified atom stereocenters. The van der Waals surface area contributed by atoms with Gasteiger partial charge in [-0.1, -0.05) is 31.9 Å². The van der Waals surface area contributed by atoms with Gasteiger partial charge >= 0.3 is 0 Å². The Morgan fingerprint density at radius 3 is 1.50 bits per heavy atom. The summed E-state index contributed by atoms with van der Waals surface area (Å²) in [6, 6.07) is 0. The van der Waals surface area contributed by atoms with Gasteiger partial charge in [-0.05, 0) is 13.8 Å². The molecule has 1 aliphatic heterocycles. The molecule has 0 radical (unpaired) electrons. The third-order valence-corrected chi connectivity index (χ3v) is 9.13. The second kappa shape index (κ2) is 4.45. The molecule has 12 heavy (non-hydrogen) atoms. The summed E-state index contributed by atoms with van der Waals surface area (Å²) in [4.78, 5) is 0. The van der Waals surface area contributed by atoms with Crippen LogP contribution in [0.5, 0.6) is 0 Å². The van der Waals surface area contributed by atoms with Gasteiger partial charge in [-0.2, -0.15) is 23.5 Å². The summed E-state index contributed by atoms with van der Waals surface area (Å²) in [7, 11) is 0. The van der Waals surface area contributed by atoms with Crippen LogP contribution in [-0.2, 0) is 0 Å². The van der Waals surface area contributed by atoms with Gasteiger partial charge in [0.25, 0.3) is 0 Å². The smallest absolute Gasteiger partial charge is 0.0319 e. The van der Waals surface area contributed by atoms with Crippen LogP contribution in [0.4, 0.5) is 0 Å². The zero-order valence-electron chi connectivity index (χ0n) is 7.40. The van der Waals surface area contributed by atoms with E-state index < -0.39 is 0 Å². The van der Waals surface area contributed by atoms with E-state index >= 15 is 0 Å². The van der Waals surface area contributed by atoms with Crippen LogP contribution in [0.15, 0.2) is 0 Å². The van der Waals surface area contributed by atoms with E-state index in [1.54, 1.807) is 0 Å². The summed E-state index contributed by atoms with van der Waals surface area (Å²) in [5.41, 5.74) is 0. The molecule has 1 fully saturated rings. The lowest BCUT2D eigenvalue weighted by Gasteiger charge is -2.40. The van der Waals surface area contributed by atoms with Crippen molar-refractivity contribution in [1.29, 1.82) is 0 Å². The minimum Gasteiger partial charge on any atom is -0.152 e. The number of alkyl halides is 2. The fourth-order valence-corrected chi connectivity index (χ4v) is 5.47. The van der Waals surface area contributed by atoms with Crippen LogP contribution in [0.2, 0.25) is 0 Å². The minimum absolute atomic E-state index is 0.451. The lowest BCUT2D eigenvalue weighted by Crippen LogP contribution is -2.40. The first kappa shape index (κ1) is 11.7. The third-order valence-electron chi connectivity index (χ3n) is 2.02. The molecule has 0 aromatic rings. The summed E-state index contributed by atoms with van der Waals surface area (Å²) < 4.78 is 0.901. The fraction of sp³-hybridized carbons (Fsp3) is 1.00. The topological polar surface area (TPSA) is 0 Å². The minimum atomic E-state index is 0.451. The van der Waals surface area contributed by atoms with Crippen LogP contribution in [0.25, 0.3) is 0 Å². The van der Waals surface area contributed by atoms with Gasteiger partial charge in [0, 0.05) is 31.7 Å². The predicted molar refractivity (Wildman–Crippen MR) is 69.3 cm³/mol. The summed E-state index contributed by atoms with van der Waals surface area (Å²) in [5, 5.41) is 2.21. The van der Waals surface area contributed by atoms with Gasteiger partial charge in [0.1, 0.15) is 0 Å². The summed E-state index contributed by atoms with van der Waals surface area (Å²) >= 11 is 11.4. The molecular weight excluding hydrogens is 320 g/mol. The second-order valence-corrected chi connectivity index (χ2v) is 7.99. The fourth-order valence-electron chi connectivity index (χ4n) is 0.891. The van der Waals surface area contributed by atoms with Crippen LogP contribution in [-0.4, -0.2) is 31.7 Å². The monoisotopic (exact) mass is 332 g/mol. The Kier molecular flexibility index (Phi) is 4.35. The van der Waals surface area contributed by atoms with E-state index in [4.69, 9.17) is 0 Å². The van der Waals surface area contributed by atoms with Gasteiger partial charge in [0.15, 0.2) is 0 Å². The average molecular weight is 334 g/mol. The molecule has 0 aliphatic carbocycles. The maximum absolute atomic E-state index is 3.58. The molecule has 0 amide bonds. The molecule has 0 spiro atoms. The Balaban J connectivity index is 2.49. The van der Waals surface area contributed by atoms with Gasteiger partial charge in [-0.25, -0.2) is 0 Å². The molecule has 0 saturated carbocycles. The zero-order valence-corrected chi connectivity index (χ0v) is 12.2. The number of thioether (sulfide) groups is 2. The third kappa shape index (κ3) is 2.82. The highest BCUT2D eigenvalue weighted by atomic mass is 79.9. The molecular formula is C8H14Br2S2. The van der Waals surface area contributed by atoms with E-state index in [0.717, 1.165) is 10.7 Å². The summed E-state index contributed by atoms with van der Waals surface area (Å²) in [6.07, 6.45) is 0. The van der Waals surface area contributed by atoms with Crippen LogP contribution < -0.4 is 0 Å². The summed E-state index contributed by atoms with van der Waals surface area (Å²) in [6.45, 7) is 4.68. The van der Waals surface area contributed by atoms with Gasteiger partial charge in [0.05, 0.1) is 0 Å². The van der Waals surface area contributed by atoms with Crippen molar-refractivity contribution in [3.8, 4) is 0 Å². The Bertz CT molecular complexity index is 135. The first-order valence-corrected chi connectivity index (χ1v) is 8.15. The molecule has 0 N–H and O–H groups in total. The highest BCUT2D eigenvalue weighted by Gasteiger charge is 2.37. The Morgan fingerprint density at radius 1 is 1.00 bits per heavy atom. The SMILES string of the molecule is CC1(CBr)CSC(C)(CBr)CS1. The molecule has 2 atom stereocenters. The van der Waals surface area contributed by atoms with Crippen molar-refractivity contribution in [2.75, 3.05) is 22.2 Å². The first-order chi connectivity index (χ1) is 5.54. The van der Waals surface area contributed by atoms with Crippen molar-refractivity contribution >= 4 is 55.4 Å². The molecule has 72 valence electrons. The van der Waals surface area contributed by atoms with Crippen LogP contribution in [0.1, 0.15) is 13.8 Å². The first-order valence-electron chi connectivity index (χ1n) is 3.93. The molecule has 1 saturated heterocycles. The van der Waals surface area contributed by atoms with Crippen molar-refractivity contribution in [3.05, 3.63) is 0 Å². The predicted octanol–water partition coefficient (Wildman–Crippen LogP) is 3.77. The van der Waals surface area contributed by atoms with E-state index in [1.807, 2.05) is 0 Å². The Hall–Kier alpha value is 1.66. The van der Waals surface area contributed by atoms with Crippen molar-refractivity contribution in [2.45, 2.75) is 23.3 Å². The van der Waals surface area contributed by atoms with Crippen molar-refractivity contribution < 1.29 is 0 Å². The Morgan fingerprint density at radius 2 is 1.33 bits per heavy atom. The van der Waals surface area contributed by atoms with E-state index in [2.05, 4.69) is 69.2 Å². The molecule has 0 aromatic carbocycles. The highest BCUT2D eigenvalue weighted by molar-refractivity contribution is 9.09. The van der Waals surface area contributed by atoms with Crippen LogP contribution >= 0.6 is 55.4 Å². The molecule has 4 heteroatoms. The van der Waals surface area contributed by atoms with Crippen LogP contribution in [0.3, 0.4) is 0 Å². The van der Waals surface area contributed by atoms with Crippen molar-refractivity contribution in [1.82, 2.24) is 0 Å². The highest BCUT2D eigenvalue weighted by Crippen LogP contribution is 2.45. The van der Waals surface area contributed by atoms with Crippen molar-refractivity contribution in [2.24, 2.45) is 0 Å². The van der Waals surface area contributed by atoms with Gasteiger partial charge < -0.3 is 0 Å². The molecule has 0 bridgehead atoms. The standard InChI is InChI=1S/C8H14Br2S2/c1-7(3-9)5-12-8(2,4-10)6-11-7/h3-6H2,1-2H3. The largest absolute Gasteiger partial charge is 0.152 e. The lowest BCUT2D eigenvalue weighted by molar-refractivity contribution is 0.763.